The molecule has 0 aliphatic heterocycles. The summed E-state index contributed by atoms with van der Waals surface area (Å²) in [5.74, 6) is 2.58. The van der Waals surface area contributed by atoms with E-state index in [-0.39, 0.29) is 18.2 Å². The highest BCUT2D eigenvalue weighted by atomic mass is 16.5. The Bertz CT molecular complexity index is 415. The molecule has 1 rings (SSSR count). The largest absolute Gasteiger partial charge is 0.377 e. The molecule has 1 aromatic rings. The summed E-state index contributed by atoms with van der Waals surface area (Å²) in [6.07, 6.45) is 5.26. The van der Waals surface area contributed by atoms with Crippen molar-refractivity contribution in [2.24, 2.45) is 0 Å². The Balaban J connectivity index is 2.70. The number of amides is 1. The fourth-order valence-electron chi connectivity index (χ4n) is 1.01. The zero-order valence-corrected chi connectivity index (χ0v) is 9.53. The van der Waals surface area contributed by atoms with Gasteiger partial charge >= 0.3 is 0 Å². The molecule has 5 nitrogen and oxygen atoms in total. The van der Waals surface area contributed by atoms with Gasteiger partial charge in [0.2, 0.25) is 0 Å². The first-order chi connectivity index (χ1) is 7.48. The molecule has 0 radical (unpaired) electrons. The molecule has 1 aromatic heterocycles. The third-order valence-electron chi connectivity index (χ3n) is 1.87. The molecular weight excluding hydrogens is 208 g/mol. The Morgan fingerprint density at radius 3 is 3.00 bits per heavy atom. The average Bonchev–Trinajstić information content (AvgIpc) is 2.66. The van der Waals surface area contributed by atoms with E-state index in [0.29, 0.717) is 5.76 Å². The van der Waals surface area contributed by atoms with Crippen molar-refractivity contribution in [1.82, 2.24) is 10.5 Å². The standard InChI is InChI=1S/C11H14N2O3/c1-5-11(2,3)12-10(14)9-6-8(7-15-4)16-13-9/h1,6H,7H2,2-4H3,(H,12,14). The van der Waals surface area contributed by atoms with Crippen molar-refractivity contribution in [3.8, 4) is 12.3 Å². The fraction of sp³-hybridized carbons (Fsp3) is 0.455. The summed E-state index contributed by atoms with van der Waals surface area (Å²) in [5.41, 5.74) is -0.521. The number of aromatic nitrogens is 1. The van der Waals surface area contributed by atoms with Crippen LogP contribution in [0.4, 0.5) is 0 Å². The molecule has 1 heterocycles. The van der Waals surface area contributed by atoms with E-state index in [9.17, 15) is 4.79 Å². The SMILES string of the molecule is C#CC(C)(C)NC(=O)c1cc(COC)on1. The Hall–Kier alpha value is -1.80. The second-order valence-electron chi connectivity index (χ2n) is 3.83. The van der Waals surface area contributed by atoms with Crippen LogP contribution >= 0.6 is 0 Å². The first-order valence-electron chi connectivity index (χ1n) is 4.73. The van der Waals surface area contributed by atoms with Crippen molar-refractivity contribution < 1.29 is 14.1 Å². The van der Waals surface area contributed by atoms with Crippen molar-refractivity contribution in [3.63, 3.8) is 0 Å². The van der Waals surface area contributed by atoms with E-state index in [4.69, 9.17) is 15.7 Å². The number of hydrogen-bond acceptors (Lipinski definition) is 4. The van der Waals surface area contributed by atoms with Crippen molar-refractivity contribution in [1.29, 1.82) is 0 Å². The number of nitrogens with one attached hydrogen (secondary N) is 1. The minimum absolute atomic E-state index is 0.190. The second-order valence-corrected chi connectivity index (χ2v) is 3.83. The van der Waals surface area contributed by atoms with Crippen LogP contribution in [0.2, 0.25) is 0 Å². The second kappa shape index (κ2) is 4.81. The monoisotopic (exact) mass is 222 g/mol. The number of methoxy groups -OCH3 is 1. The van der Waals surface area contributed by atoms with Crippen LogP contribution in [0, 0.1) is 12.3 Å². The van der Waals surface area contributed by atoms with Crippen LogP contribution in [-0.2, 0) is 11.3 Å². The van der Waals surface area contributed by atoms with Gasteiger partial charge in [-0.3, -0.25) is 4.79 Å². The molecule has 0 spiro atoms. The van der Waals surface area contributed by atoms with E-state index in [1.54, 1.807) is 13.8 Å². The van der Waals surface area contributed by atoms with Crippen molar-refractivity contribution in [2.75, 3.05) is 7.11 Å². The van der Waals surface area contributed by atoms with E-state index in [1.165, 1.54) is 13.2 Å². The lowest BCUT2D eigenvalue weighted by Crippen LogP contribution is -2.42. The minimum Gasteiger partial charge on any atom is -0.377 e. The Kier molecular flexibility index (Phi) is 3.69. The minimum atomic E-state index is -0.711. The van der Waals surface area contributed by atoms with E-state index >= 15 is 0 Å². The number of carbonyl (C=O) groups excluding carboxylic acids is 1. The van der Waals surface area contributed by atoms with Crippen LogP contribution in [0.3, 0.4) is 0 Å². The van der Waals surface area contributed by atoms with E-state index in [1.807, 2.05) is 0 Å². The molecule has 0 saturated carbocycles. The van der Waals surface area contributed by atoms with Crippen LogP contribution in [0.15, 0.2) is 10.6 Å². The lowest BCUT2D eigenvalue weighted by atomic mass is 10.1. The number of ether oxygens (including phenoxy) is 1. The molecule has 86 valence electrons. The van der Waals surface area contributed by atoms with E-state index in [2.05, 4.69) is 16.4 Å². The van der Waals surface area contributed by atoms with Crippen molar-refractivity contribution in [2.45, 2.75) is 26.0 Å². The quantitative estimate of drug-likeness (QED) is 0.771. The molecule has 0 unspecified atom stereocenters. The smallest absolute Gasteiger partial charge is 0.274 e. The van der Waals surface area contributed by atoms with Crippen molar-refractivity contribution >= 4 is 5.91 Å². The number of terminal acetylenes is 1. The number of nitrogens with zero attached hydrogens (tertiary/aromatic N) is 1. The molecule has 0 fully saturated rings. The third-order valence-corrected chi connectivity index (χ3v) is 1.87. The van der Waals surface area contributed by atoms with Crippen LogP contribution in [0.25, 0.3) is 0 Å². The highest BCUT2D eigenvalue weighted by molar-refractivity contribution is 5.92. The summed E-state index contributed by atoms with van der Waals surface area (Å²) < 4.78 is 9.73. The average molecular weight is 222 g/mol. The lowest BCUT2D eigenvalue weighted by molar-refractivity contribution is 0.0920. The Morgan fingerprint density at radius 2 is 2.44 bits per heavy atom. The van der Waals surface area contributed by atoms with Crippen molar-refractivity contribution in [3.05, 3.63) is 17.5 Å². The van der Waals surface area contributed by atoms with Gasteiger partial charge in [-0.25, -0.2) is 0 Å². The highest BCUT2D eigenvalue weighted by Crippen LogP contribution is 2.07. The molecule has 1 N–H and O–H groups in total. The Labute approximate surface area is 94.1 Å². The zero-order valence-electron chi connectivity index (χ0n) is 9.53. The first kappa shape index (κ1) is 12.3. The molecule has 5 heteroatoms. The zero-order chi connectivity index (χ0) is 12.2. The van der Waals surface area contributed by atoms with Gasteiger partial charge in [0.05, 0.1) is 5.54 Å². The maximum atomic E-state index is 11.7. The van der Waals surface area contributed by atoms with Gasteiger partial charge in [-0.15, -0.1) is 6.42 Å². The fourth-order valence-corrected chi connectivity index (χ4v) is 1.01. The van der Waals surface area contributed by atoms with Gasteiger partial charge in [0, 0.05) is 13.2 Å². The van der Waals surface area contributed by atoms with Gasteiger partial charge in [0.1, 0.15) is 6.61 Å². The predicted molar refractivity (Wildman–Crippen MR) is 57.6 cm³/mol. The molecule has 1 amide bonds. The van der Waals surface area contributed by atoms with Gasteiger partial charge in [-0.1, -0.05) is 11.1 Å². The Morgan fingerprint density at radius 1 is 1.75 bits per heavy atom. The van der Waals surface area contributed by atoms with Crippen LogP contribution in [0.5, 0.6) is 0 Å². The van der Waals surface area contributed by atoms with Gasteiger partial charge in [0.15, 0.2) is 11.5 Å². The first-order valence-corrected chi connectivity index (χ1v) is 4.73. The topological polar surface area (TPSA) is 64.4 Å². The number of carbonyl (C=O) groups is 1. The number of hydrogen-bond donors (Lipinski definition) is 1. The number of rotatable bonds is 4. The summed E-state index contributed by atoms with van der Waals surface area (Å²) in [4.78, 5) is 11.7. The van der Waals surface area contributed by atoms with Gasteiger partial charge in [0.25, 0.3) is 5.91 Å². The molecule has 0 aliphatic rings. The maximum absolute atomic E-state index is 11.7. The summed E-state index contributed by atoms with van der Waals surface area (Å²) >= 11 is 0. The van der Waals surface area contributed by atoms with E-state index < -0.39 is 5.54 Å². The van der Waals surface area contributed by atoms with Gasteiger partial charge in [-0.2, -0.15) is 0 Å². The summed E-state index contributed by atoms with van der Waals surface area (Å²) in [6.45, 7) is 3.72. The summed E-state index contributed by atoms with van der Waals surface area (Å²) in [7, 11) is 1.53. The molecular formula is C11H14N2O3. The summed E-state index contributed by atoms with van der Waals surface area (Å²) in [5, 5.41) is 6.26. The molecule has 16 heavy (non-hydrogen) atoms. The molecule has 0 saturated heterocycles. The van der Waals surface area contributed by atoms with Crippen LogP contribution in [0.1, 0.15) is 30.1 Å². The molecule has 0 aliphatic carbocycles. The normalized spacial score (nSPS) is 10.9. The van der Waals surface area contributed by atoms with Gasteiger partial charge < -0.3 is 14.6 Å². The molecule has 0 aromatic carbocycles. The molecule has 0 bridgehead atoms. The van der Waals surface area contributed by atoms with Crippen LogP contribution in [-0.4, -0.2) is 23.7 Å². The van der Waals surface area contributed by atoms with Gasteiger partial charge in [-0.05, 0) is 13.8 Å². The maximum Gasteiger partial charge on any atom is 0.274 e. The predicted octanol–water partition coefficient (Wildman–Crippen LogP) is 0.963. The molecule has 0 atom stereocenters. The third kappa shape index (κ3) is 3.11. The van der Waals surface area contributed by atoms with E-state index in [0.717, 1.165) is 0 Å². The summed E-state index contributed by atoms with van der Waals surface area (Å²) in [6, 6.07) is 1.52. The lowest BCUT2D eigenvalue weighted by Gasteiger charge is -2.18. The highest BCUT2D eigenvalue weighted by Gasteiger charge is 2.20. The van der Waals surface area contributed by atoms with Crippen LogP contribution < -0.4 is 5.32 Å².